The topological polar surface area (TPSA) is 17.8 Å². The zero-order chi connectivity index (χ0) is 11.0. The molecule has 4 heteroatoms. The Bertz CT molecular complexity index is 484. The fourth-order valence-corrected chi connectivity index (χ4v) is 1.66. The SMILES string of the molecule is Cc1cc(-c2ccc(Cl)c(Cl)c2)nn1C. The molecular weight excluding hydrogens is 231 g/mol. The fourth-order valence-electron chi connectivity index (χ4n) is 1.36. The van der Waals surface area contributed by atoms with Gasteiger partial charge < -0.3 is 0 Å². The van der Waals surface area contributed by atoms with Gasteiger partial charge in [0, 0.05) is 18.3 Å². The normalized spacial score (nSPS) is 10.7. The lowest BCUT2D eigenvalue weighted by Crippen LogP contribution is -1.92. The number of rotatable bonds is 1. The number of halogens is 2. The first-order valence-corrected chi connectivity index (χ1v) is 5.29. The molecule has 0 fully saturated rings. The van der Waals surface area contributed by atoms with Crippen molar-refractivity contribution in [3.05, 3.63) is 40.0 Å². The molecule has 0 amide bonds. The Morgan fingerprint density at radius 1 is 1.13 bits per heavy atom. The minimum Gasteiger partial charge on any atom is -0.272 e. The molecule has 0 aliphatic heterocycles. The lowest BCUT2D eigenvalue weighted by atomic mass is 10.1. The van der Waals surface area contributed by atoms with Crippen LogP contribution in [0.5, 0.6) is 0 Å². The van der Waals surface area contributed by atoms with Crippen LogP contribution in [0.15, 0.2) is 24.3 Å². The number of aromatic nitrogens is 2. The Hall–Kier alpha value is -0.990. The van der Waals surface area contributed by atoms with E-state index in [0.717, 1.165) is 17.0 Å². The van der Waals surface area contributed by atoms with Crippen LogP contribution in [0.4, 0.5) is 0 Å². The molecule has 78 valence electrons. The van der Waals surface area contributed by atoms with E-state index in [1.165, 1.54) is 0 Å². The monoisotopic (exact) mass is 240 g/mol. The molecular formula is C11H10Cl2N2. The molecule has 2 rings (SSSR count). The highest BCUT2D eigenvalue weighted by molar-refractivity contribution is 6.42. The van der Waals surface area contributed by atoms with Crippen LogP contribution in [-0.4, -0.2) is 9.78 Å². The van der Waals surface area contributed by atoms with E-state index >= 15 is 0 Å². The molecule has 1 heterocycles. The van der Waals surface area contributed by atoms with E-state index in [4.69, 9.17) is 23.2 Å². The van der Waals surface area contributed by atoms with Crippen LogP contribution in [0.2, 0.25) is 10.0 Å². The van der Waals surface area contributed by atoms with Crippen LogP contribution in [0, 0.1) is 6.92 Å². The highest BCUT2D eigenvalue weighted by Gasteiger charge is 2.06. The van der Waals surface area contributed by atoms with Gasteiger partial charge in [-0.3, -0.25) is 4.68 Å². The van der Waals surface area contributed by atoms with Gasteiger partial charge in [0.05, 0.1) is 15.7 Å². The summed E-state index contributed by atoms with van der Waals surface area (Å²) >= 11 is 11.8. The Labute approximate surface area is 98.4 Å². The van der Waals surface area contributed by atoms with Crippen molar-refractivity contribution >= 4 is 23.2 Å². The summed E-state index contributed by atoms with van der Waals surface area (Å²) in [6, 6.07) is 7.53. The zero-order valence-corrected chi connectivity index (χ0v) is 9.97. The number of hydrogen-bond acceptors (Lipinski definition) is 1. The van der Waals surface area contributed by atoms with Crippen molar-refractivity contribution in [2.24, 2.45) is 7.05 Å². The molecule has 0 aliphatic carbocycles. The van der Waals surface area contributed by atoms with Crippen molar-refractivity contribution in [2.45, 2.75) is 6.92 Å². The van der Waals surface area contributed by atoms with E-state index in [9.17, 15) is 0 Å². The first-order chi connectivity index (χ1) is 7.08. The van der Waals surface area contributed by atoms with Crippen molar-refractivity contribution in [1.29, 1.82) is 0 Å². The Morgan fingerprint density at radius 3 is 2.40 bits per heavy atom. The predicted octanol–water partition coefficient (Wildman–Crippen LogP) is 3.70. The quantitative estimate of drug-likeness (QED) is 0.744. The summed E-state index contributed by atoms with van der Waals surface area (Å²) in [6.45, 7) is 2.01. The second-order valence-electron chi connectivity index (χ2n) is 3.42. The first kappa shape index (κ1) is 10.5. The fraction of sp³-hybridized carbons (Fsp3) is 0.182. The van der Waals surface area contributed by atoms with Crippen molar-refractivity contribution < 1.29 is 0 Å². The lowest BCUT2D eigenvalue weighted by Gasteiger charge is -1.99. The molecule has 0 atom stereocenters. The molecule has 0 N–H and O–H groups in total. The van der Waals surface area contributed by atoms with Crippen LogP contribution in [0.25, 0.3) is 11.3 Å². The maximum Gasteiger partial charge on any atom is 0.0926 e. The average molecular weight is 241 g/mol. The van der Waals surface area contributed by atoms with E-state index < -0.39 is 0 Å². The smallest absolute Gasteiger partial charge is 0.0926 e. The van der Waals surface area contributed by atoms with Crippen molar-refractivity contribution in [3.8, 4) is 11.3 Å². The predicted molar refractivity (Wildman–Crippen MR) is 63.4 cm³/mol. The second-order valence-corrected chi connectivity index (χ2v) is 4.24. The third-order valence-electron chi connectivity index (χ3n) is 2.33. The molecule has 15 heavy (non-hydrogen) atoms. The standard InChI is InChI=1S/C11H10Cl2N2/c1-7-5-11(14-15(7)2)8-3-4-9(12)10(13)6-8/h3-6H,1-2H3. The highest BCUT2D eigenvalue weighted by atomic mass is 35.5. The number of benzene rings is 1. The summed E-state index contributed by atoms with van der Waals surface area (Å²) in [7, 11) is 1.91. The Balaban J connectivity index is 2.49. The molecule has 0 aliphatic rings. The van der Waals surface area contributed by atoms with Gasteiger partial charge in [-0.05, 0) is 25.1 Å². The van der Waals surface area contributed by atoms with Crippen LogP contribution in [0.3, 0.4) is 0 Å². The summed E-state index contributed by atoms with van der Waals surface area (Å²) in [6.07, 6.45) is 0. The first-order valence-electron chi connectivity index (χ1n) is 4.54. The molecule has 0 saturated carbocycles. The third-order valence-corrected chi connectivity index (χ3v) is 3.07. The van der Waals surface area contributed by atoms with Gasteiger partial charge in [-0.25, -0.2) is 0 Å². The van der Waals surface area contributed by atoms with Crippen LogP contribution < -0.4 is 0 Å². The van der Waals surface area contributed by atoms with Gasteiger partial charge in [0.1, 0.15) is 0 Å². The molecule has 1 aromatic heterocycles. The zero-order valence-electron chi connectivity index (χ0n) is 8.46. The molecule has 0 radical (unpaired) electrons. The second kappa shape index (κ2) is 3.87. The maximum absolute atomic E-state index is 5.94. The number of hydrogen-bond donors (Lipinski definition) is 0. The van der Waals surface area contributed by atoms with Gasteiger partial charge in [0.15, 0.2) is 0 Å². The van der Waals surface area contributed by atoms with E-state index in [1.54, 1.807) is 6.07 Å². The average Bonchev–Trinajstić information content (AvgIpc) is 2.52. The molecule has 0 unspecified atom stereocenters. The summed E-state index contributed by atoms with van der Waals surface area (Å²) in [5.74, 6) is 0. The molecule has 0 bridgehead atoms. The van der Waals surface area contributed by atoms with Gasteiger partial charge >= 0.3 is 0 Å². The summed E-state index contributed by atoms with van der Waals surface area (Å²) in [5, 5.41) is 5.48. The minimum atomic E-state index is 0.553. The highest BCUT2D eigenvalue weighted by Crippen LogP contribution is 2.27. The van der Waals surface area contributed by atoms with Crippen molar-refractivity contribution in [3.63, 3.8) is 0 Å². The summed E-state index contributed by atoms with van der Waals surface area (Å²) < 4.78 is 1.83. The van der Waals surface area contributed by atoms with Gasteiger partial charge in [-0.15, -0.1) is 0 Å². The lowest BCUT2D eigenvalue weighted by molar-refractivity contribution is 0.743. The van der Waals surface area contributed by atoms with Crippen molar-refractivity contribution in [2.75, 3.05) is 0 Å². The largest absolute Gasteiger partial charge is 0.272 e. The van der Waals surface area contributed by atoms with Crippen LogP contribution >= 0.6 is 23.2 Å². The number of nitrogens with zero attached hydrogens (tertiary/aromatic N) is 2. The van der Waals surface area contributed by atoms with Crippen LogP contribution in [-0.2, 0) is 7.05 Å². The summed E-state index contributed by atoms with van der Waals surface area (Å²) in [4.78, 5) is 0. The number of aryl methyl sites for hydroxylation is 2. The molecule has 1 aromatic carbocycles. The third kappa shape index (κ3) is 2.01. The van der Waals surface area contributed by atoms with Crippen LogP contribution in [0.1, 0.15) is 5.69 Å². The molecule has 0 spiro atoms. The van der Waals surface area contributed by atoms with E-state index in [2.05, 4.69) is 5.10 Å². The van der Waals surface area contributed by atoms with Gasteiger partial charge in [0.25, 0.3) is 0 Å². The maximum atomic E-state index is 5.94. The summed E-state index contributed by atoms with van der Waals surface area (Å²) in [5.41, 5.74) is 3.00. The van der Waals surface area contributed by atoms with E-state index in [0.29, 0.717) is 10.0 Å². The van der Waals surface area contributed by atoms with E-state index in [-0.39, 0.29) is 0 Å². The molecule has 2 aromatic rings. The van der Waals surface area contributed by atoms with Gasteiger partial charge in [0.2, 0.25) is 0 Å². The Kier molecular flexibility index (Phi) is 2.72. The molecule has 2 nitrogen and oxygen atoms in total. The van der Waals surface area contributed by atoms with E-state index in [1.807, 2.05) is 36.9 Å². The van der Waals surface area contributed by atoms with Gasteiger partial charge in [-0.1, -0.05) is 29.3 Å². The van der Waals surface area contributed by atoms with Crippen molar-refractivity contribution in [1.82, 2.24) is 9.78 Å². The Morgan fingerprint density at radius 2 is 1.87 bits per heavy atom. The molecule has 0 saturated heterocycles. The minimum absolute atomic E-state index is 0.553. The van der Waals surface area contributed by atoms with Gasteiger partial charge in [-0.2, -0.15) is 5.10 Å².